The average Bonchev–Trinajstić information content (AvgIpc) is 2.64. The van der Waals surface area contributed by atoms with Crippen LogP contribution >= 0.6 is 0 Å². The van der Waals surface area contributed by atoms with Crippen molar-refractivity contribution in [1.82, 2.24) is 5.32 Å². The second-order valence-corrected chi connectivity index (χ2v) is 6.81. The van der Waals surface area contributed by atoms with Gasteiger partial charge in [-0.25, -0.2) is 0 Å². The summed E-state index contributed by atoms with van der Waals surface area (Å²) in [5, 5.41) is 13.9. The van der Waals surface area contributed by atoms with Crippen molar-refractivity contribution >= 4 is 0 Å². The highest BCUT2D eigenvalue weighted by Gasteiger charge is 2.42. The molecule has 0 heterocycles. The lowest BCUT2D eigenvalue weighted by atomic mass is 9.68. The monoisotopic (exact) mass is 253 g/mol. The molecule has 0 saturated heterocycles. The Kier molecular flexibility index (Phi) is 5.08. The summed E-state index contributed by atoms with van der Waals surface area (Å²) in [5.74, 6) is 1.34. The van der Waals surface area contributed by atoms with Gasteiger partial charge in [0.2, 0.25) is 0 Å². The van der Waals surface area contributed by atoms with Crippen molar-refractivity contribution in [2.45, 2.75) is 83.2 Å². The van der Waals surface area contributed by atoms with E-state index < -0.39 is 0 Å². The molecule has 3 unspecified atom stereocenters. The molecule has 2 saturated carbocycles. The van der Waals surface area contributed by atoms with Gasteiger partial charge in [-0.3, -0.25) is 0 Å². The molecule has 3 atom stereocenters. The minimum atomic E-state index is 0.00662. The first kappa shape index (κ1) is 14.3. The Morgan fingerprint density at radius 3 is 2.28 bits per heavy atom. The molecule has 0 radical (unpaired) electrons. The maximum absolute atomic E-state index is 9.97. The van der Waals surface area contributed by atoms with E-state index in [1.165, 1.54) is 51.4 Å². The van der Waals surface area contributed by atoms with Gasteiger partial charge in [-0.05, 0) is 31.1 Å². The van der Waals surface area contributed by atoms with Crippen LogP contribution in [0.2, 0.25) is 0 Å². The molecular formula is C16H31NO. The van der Waals surface area contributed by atoms with Crippen LogP contribution in [0.15, 0.2) is 0 Å². The molecule has 0 aliphatic heterocycles. The summed E-state index contributed by atoms with van der Waals surface area (Å²) in [6.45, 7) is 5.00. The van der Waals surface area contributed by atoms with Crippen molar-refractivity contribution in [2.24, 2.45) is 11.8 Å². The Hall–Kier alpha value is -0.0800. The molecule has 0 aromatic heterocycles. The third-order valence-corrected chi connectivity index (χ3v) is 5.64. The molecule has 0 aromatic carbocycles. The van der Waals surface area contributed by atoms with Gasteiger partial charge in [-0.1, -0.05) is 52.4 Å². The molecule has 106 valence electrons. The second kappa shape index (κ2) is 6.38. The number of hydrogen-bond acceptors (Lipinski definition) is 2. The van der Waals surface area contributed by atoms with Gasteiger partial charge in [-0.15, -0.1) is 0 Å². The van der Waals surface area contributed by atoms with E-state index in [4.69, 9.17) is 0 Å². The fourth-order valence-electron chi connectivity index (χ4n) is 4.06. The van der Waals surface area contributed by atoms with Gasteiger partial charge in [0.1, 0.15) is 0 Å². The maximum atomic E-state index is 9.97. The number of aliphatic hydroxyl groups excluding tert-OH is 1. The van der Waals surface area contributed by atoms with E-state index in [0.717, 1.165) is 12.3 Å². The fourth-order valence-corrected chi connectivity index (χ4v) is 4.06. The topological polar surface area (TPSA) is 32.3 Å². The largest absolute Gasteiger partial charge is 0.394 e. The molecule has 2 aliphatic rings. The highest BCUT2D eigenvalue weighted by atomic mass is 16.3. The van der Waals surface area contributed by atoms with E-state index >= 15 is 0 Å². The van der Waals surface area contributed by atoms with Crippen molar-refractivity contribution in [3.05, 3.63) is 0 Å². The molecule has 2 heteroatoms. The third kappa shape index (κ3) is 3.08. The lowest BCUT2D eigenvalue weighted by Crippen LogP contribution is -2.60. The Morgan fingerprint density at radius 2 is 1.67 bits per heavy atom. The molecule has 0 spiro atoms. The Bertz CT molecular complexity index is 247. The van der Waals surface area contributed by atoms with Crippen molar-refractivity contribution in [1.29, 1.82) is 0 Å². The molecule has 2 nitrogen and oxygen atoms in total. The first-order valence-corrected chi connectivity index (χ1v) is 8.06. The van der Waals surface area contributed by atoms with E-state index in [-0.39, 0.29) is 5.54 Å². The predicted octanol–water partition coefficient (Wildman–Crippen LogP) is 3.49. The van der Waals surface area contributed by atoms with Crippen LogP contribution in [0.4, 0.5) is 0 Å². The molecule has 0 bridgehead atoms. The number of rotatable bonds is 3. The minimum absolute atomic E-state index is 0.00662. The van der Waals surface area contributed by atoms with E-state index in [9.17, 15) is 5.11 Å². The van der Waals surface area contributed by atoms with E-state index in [1.54, 1.807) is 0 Å². The summed E-state index contributed by atoms with van der Waals surface area (Å²) in [6, 6.07) is 0.646. The Balaban J connectivity index is 2.01. The molecule has 0 amide bonds. The van der Waals surface area contributed by atoms with Crippen LogP contribution in [-0.2, 0) is 0 Å². The van der Waals surface area contributed by atoms with Crippen LogP contribution < -0.4 is 5.32 Å². The molecule has 2 N–H and O–H groups in total. The minimum Gasteiger partial charge on any atom is -0.394 e. The van der Waals surface area contributed by atoms with E-state index in [0.29, 0.717) is 18.6 Å². The molecule has 2 rings (SSSR count). The van der Waals surface area contributed by atoms with Crippen molar-refractivity contribution in [2.75, 3.05) is 6.61 Å². The van der Waals surface area contributed by atoms with Gasteiger partial charge in [0, 0.05) is 11.6 Å². The quantitative estimate of drug-likeness (QED) is 0.755. The van der Waals surface area contributed by atoms with Crippen LogP contribution in [0.25, 0.3) is 0 Å². The van der Waals surface area contributed by atoms with Crippen molar-refractivity contribution in [3.8, 4) is 0 Å². The summed E-state index contributed by atoms with van der Waals surface area (Å²) in [7, 11) is 0. The zero-order chi connectivity index (χ0) is 13.0. The predicted molar refractivity (Wildman–Crippen MR) is 76.6 cm³/mol. The normalized spacial score (nSPS) is 39.5. The Morgan fingerprint density at radius 1 is 1.00 bits per heavy atom. The average molecular weight is 253 g/mol. The smallest absolute Gasteiger partial charge is 0.0616 e. The lowest BCUT2D eigenvalue weighted by Gasteiger charge is -2.47. The summed E-state index contributed by atoms with van der Waals surface area (Å²) >= 11 is 0. The third-order valence-electron chi connectivity index (χ3n) is 5.64. The zero-order valence-electron chi connectivity index (χ0n) is 12.3. The van der Waals surface area contributed by atoms with Crippen LogP contribution in [-0.4, -0.2) is 23.3 Å². The summed E-state index contributed by atoms with van der Waals surface area (Å²) in [4.78, 5) is 0. The van der Waals surface area contributed by atoms with Gasteiger partial charge >= 0.3 is 0 Å². The number of nitrogens with one attached hydrogen (secondary N) is 1. The SMILES string of the molecule is CC1CCCC(CO)(NC2CCCCCC2)C1C. The highest BCUT2D eigenvalue weighted by Crippen LogP contribution is 2.38. The van der Waals surface area contributed by atoms with Gasteiger partial charge in [-0.2, -0.15) is 0 Å². The van der Waals surface area contributed by atoms with Crippen LogP contribution in [0.3, 0.4) is 0 Å². The van der Waals surface area contributed by atoms with Crippen molar-refractivity contribution < 1.29 is 5.11 Å². The van der Waals surface area contributed by atoms with Gasteiger partial charge in [0.05, 0.1) is 6.61 Å². The molecule has 2 aliphatic carbocycles. The van der Waals surface area contributed by atoms with Crippen LogP contribution in [0.5, 0.6) is 0 Å². The van der Waals surface area contributed by atoms with Gasteiger partial charge in [0.25, 0.3) is 0 Å². The molecule has 18 heavy (non-hydrogen) atoms. The zero-order valence-corrected chi connectivity index (χ0v) is 12.3. The highest BCUT2D eigenvalue weighted by molar-refractivity contribution is 4.99. The van der Waals surface area contributed by atoms with Gasteiger partial charge in [0.15, 0.2) is 0 Å². The van der Waals surface area contributed by atoms with Crippen LogP contribution in [0.1, 0.15) is 71.6 Å². The molecule has 2 fully saturated rings. The van der Waals surface area contributed by atoms with E-state index in [1.807, 2.05) is 0 Å². The van der Waals surface area contributed by atoms with Crippen molar-refractivity contribution in [3.63, 3.8) is 0 Å². The number of hydrogen-bond donors (Lipinski definition) is 2. The summed E-state index contributed by atoms with van der Waals surface area (Å²) in [5.41, 5.74) is 0.00662. The fraction of sp³-hybridized carbons (Fsp3) is 1.00. The van der Waals surface area contributed by atoms with E-state index in [2.05, 4.69) is 19.2 Å². The number of aliphatic hydroxyl groups is 1. The first-order valence-electron chi connectivity index (χ1n) is 8.06. The first-order chi connectivity index (χ1) is 8.68. The molecular weight excluding hydrogens is 222 g/mol. The van der Waals surface area contributed by atoms with Gasteiger partial charge < -0.3 is 10.4 Å². The van der Waals surface area contributed by atoms with Crippen LogP contribution in [0, 0.1) is 11.8 Å². The second-order valence-electron chi connectivity index (χ2n) is 6.81. The summed E-state index contributed by atoms with van der Waals surface area (Å²) < 4.78 is 0. The maximum Gasteiger partial charge on any atom is 0.0616 e. The Labute approximate surface area is 113 Å². The molecule has 0 aromatic rings. The lowest BCUT2D eigenvalue weighted by molar-refractivity contribution is 0.0340. The standard InChI is InChI=1S/C16H31NO/c1-13-8-7-11-16(12-18,14(13)2)17-15-9-5-3-4-6-10-15/h13-15,17-18H,3-12H2,1-2H3. The summed E-state index contributed by atoms with van der Waals surface area (Å²) in [6.07, 6.45) is 11.9.